The SMILES string of the molecule is CCCc1ccc(Oc2cccc(CCCC(P(=O)(O)O)S(=O)(=O)O)c2)cc1.[KH].[KH].[KH]. The van der Waals surface area contributed by atoms with E-state index < -0.39 is 22.7 Å². The van der Waals surface area contributed by atoms with E-state index in [0.717, 1.165) is 18.4 Å². The number of hydrogen-bond acceptors (Lipinski definition) is 4. The van der Waals surface area contributed by atoms with E-state index in [2.05, 4.69) is 6.92 Å². The van der Waals surface area contributed by atoms with Crippen molar-refractivity contribution in [3.63, 3.8) is 0 Å². The third-order valence-corrected chi connectivity index (χ3v) is 7.79. The molecule has 0 aliphatic heterocycles. The maximum absolute atomic E-state index is 11.3. The summed E-state index contributed by atoms with van der Waals surface area (Å²) in [6.45, 7) is 2.12. The Morgan fingerprint density at radius 3 is 2.06 bits per heavy atom. The predicted molar refractivity (Wildman–Crippen MR) is 129 cm³/mol. The molecule has 7 nitrogen and oxygen atoms in total. The van der Waals surface area contributed by atoms with Gasteiger partial charge in [0.2, 0.25) is 0 Å². The molecule has 31 heavy (non-hydrogen) atoms. The van der Waals surface area contributed by atoms with Gasteiger partial charge in [-0.05, 0) is 61.1 Å². The molecule has 0 saturated heterocycles. The molecular formula is C19H28K3O7PS. The zero-order valence-corrected chi connectivity index (χ0v) is 17.3. The van der Waals surface area contributed by atoms with Crippen molar-refractivity contribution in [1.82, 2.24) is 0 Å². The third kappa shape index (κ3) is 13.9. The molecule has 3 N–H and O–H groups in total. The Kier molecular flexibility index (Phi) is 20.7. The maximum atomic E-state index is 11.3. The van der Waals surface area contributed by atoms with Crippen LogP contribution < -0.4 is 4.74 Å². The Morgan fingerprint density at radius 1 is 0.935 bits per heavy atom. The van der Waals surface area contributed by atoms with Crippen molar-refractivity contribution in [1.29, 1.82) is 0 Å². The van der Waals surface area contributed by atoms with Crippen molar-refractivity contribution >= 4 is 172 Å². The summed E-state index contributed by atoms with van der Waals surface area (Å²) in [5.41, 5.74) is 2.07. The summed E-state index contributed by atoms with van der Waals surface area (Å²) in [5, 5.41) is 0. The van der Waals surface area contributed by atoms with E-state index in [1.54, 1.807) is 18.2 Å². The van der Waals surface area contributed by atoms with Gasteiger partial charge in [0.05, 0.1) is 0 Å². The van der Waals surface area contributed by atoms with Crippen molar-refractivity contribution in [3.8, 4) is 11.5 Å². The molecule has 160 valence electrons. The van der Waals surface area contributed by atoms with E-state index in [-0.39, 0.29) is 167 Å². The quantitative estimate of drug-likeness (QED) is 0.236. The minimum absolute atomic E-state index is 0. The summed E-state index contributed by atoms with van der Waals surface area (Å²) >= 11 is 0. The molecule has 0 bridgehead atoms. The van der Waals surface area contributed by atoms with Crippen LogP contribution in [0.5, 0.6) is 11.5 Å². The van der Waals surface area contributed by atoms with Crippen LogP contribution in [0.4, 0.5) is 0 Å². The van der Waals surface area contributed by atoms with Crippen molar-refractivity contribution in [2.75, 3.05) is 0 Å². The van der Waals surface area contributed by atoms with Crippen LogP contribution in [0.15, 0.2) is 48.5 Å². The third-order valence-electron chi connectivity index (χ3n) is 4.23. The summed E-state index contributed by atoms with van der Waals surface area (Å²) in [6.07, 6.45) is 2.31. The van der Waals surface area contributed by atoms with Crippen molar-refractivity contribution in [3.05, 3.63) is 59.7 Å². The fourth-order valence-corrected chi connectivity index (χ4v) is 5.26. The molecule has 0 aromatic heterocycles. The molecule has 1 atom stereocenters. The fourth-order valence-electron chi connectivity index (χ4n) is 2.88. The molecule has 0 radical (unpaired) electrons. The van der Waals surface area contributed by atoms with Crippen molar-refractivity contribution in [2.45, 2.75) is 44.0 Å². The van der Waals surface area contributed by atoms with Gasteiger partial charge in [0.25, 0.3) is 10.1 Å². The zero-order chi connectivity index (χ0) is 20.8. The number of ether oxygens (including phenoxy) is 1. The second-order valence-electron chi connectivity index (χ2n) is 6.59. The molecule has 1 unspecified atom stereocenters. The van der Waals surface area contributed by atoms with E-state index in [1.807, 2.05) is 30.3 Å². The average Bonchev–Trinajstić information content (AvgIpc) is 2.59. The van der Waals surface area contributed by atoms with Crippen LogP contribution in [-0.2, 0) is 27.5 Å². The van der Waals surface area contributed by atoms with E-state index >= 15 is 0 Å². The van der Waals surface area contributed by atoms with Crippen LogP contribution in [0, 0.1) is 0 Å². The molecule has 0 aliphatic rings. The van der Waals surface area contributed by atoms with Crippen LogP contribution in [0.1, 0.15) is 37.3 Å². The first-order chi connectivity index (χ1) is 13.1. The van der Waals surface area contributed by atoms with Gasteiger partial charge < -0.3 is 14.5 Å². The summed E-state index contributed by atoms with van der Waals surface area (Å²) in [4.78, 5) is 16.2. The second-order valence-corrected chi connectivity index (χ2v) is 10.3. The predicted octanol–water partition coefficient (Wildman–Crippen LogP) is 2.20. The van der Waals surface area contributed by atoms with Crippen LogP contribution in [-0.4, -0.2) is 182 Å². The van der Waals surface area contributed by atoms with Crippen LogP contribution in [0.25, 0.3) is 0 Å². The van der Waals surface area contributed by atoms with E-state index in [0.29, 0.717) is 17.9 Å². The molecule has 2 aromatic carbocycles. The molecule has 0 amide bonds. The van der Waals surface area contributed by atoms with Crippen molar-refractivity contribution < 1.29 is 32.1 Å². The fraction of sp³-hybridized carbons (Fsp3) is 0.368. The normalized spacial score (nSPS) is 12.0. The number of hydrogen-bond donors (Lipinski definition) is 3. The molecule has 0 heterocycles. The van der Waals surface area contributed by atoms with Crippen LogP contribution in [0.3, 0.4) is 0 Å². The van der Waals surface area contributed by atoms with E-state index in [1.165, 1.54) is 5.56 Å². The second kappa shape index (κ2) is 17.6. The Bertz CT molecular complexity index is 934. The summed E-state index contributed by atoms with van der Waals surface area (Å²) in [5.74, 6) is 1.31. The average molecular weight is 549 g/mol. The molecule has 0 spiro atoms. The molecule has 12 heteroatoms. The van der Waals surface area contributed by atoms with Gasteiger partial charge >= 0.3 is 162 Å². The van der Waals surface area contributed by atoms with Crippen molar-refractivity contribution in [2.24, 2.45) is 0 Å². The summed E-state index contributed by atoms with van der Waals surface area (Å²) < 4.78 is 48.5. The minimum atomic E-state index is -4.95. The molecule has 2 rings (SSSR count). The first-order valence-corrected chi connectivity index (χ1v) is 12.2. The van der Waals surface area contributed by atoms with Gasteiger partial charge in [0, 0.05) is 0 Å². The van der Waals surface area contributed by atoms with Gasteiger partial charge in [0.1, 0.15) is 11.5 Å². The van der Waals surface area contributed by atoms with Crippen LogP contribution >= 0.6 is 7.60 Å². The standard InChI is InChI=1S/C19H25O7PS.3K.3H/c1-2-5-15-10-12-17(13-11-15)26-18-8-3-6-16(14-18)7-4-9-19(27(20,21)22)28(23,24)25;;;;;;/h3,6,8,10-14,19H,2,4-5,7,9H2,1H3,(H2,20,21,22)(H,23,24,25);;;;;;. The first-order valence-electron chi connectivity index (χ1n) is 8.97. The number of rotatable bonds is 10. The Balaban J connectivity index is 0. The zero-order valence-electron chi connectivity index (χ0n) is 15.6. The molecule has 0 fully saturated rings. The van der Waals surface area contributed by atoms with Gasteiger partial charge in [-0.25, -0.2) is 0 Å². The monoisotopic (exact) mass is 548 g/mol. The Labute approximate surface area is 312 Å². The van der Waals surface area contributed by atoms with Gasteiger partial charge in [0.15, 0.2) is 4.99 Å². The topological polar surface area (TPSA) is 121 Å². The van der Waals surface area contributed by atoms with Gasteiger partial charge in [-0.2, -0.15) is 8.42 Å². The molecule has 2 aromatic rings. The summed E-state index contributed by atoms with van der Waals surface area (Å²) in [7, 11) is -9.77. The summed E-state index contributed by atoms with van der Waals surface area (Å²) in [6, 6.07) is 15.0. The molecule has 0 aliphatic carbocycles. The van der Waals surface area contributed by atoms with Gasteiger partial charge in [-0.3, -0.25) is 9.12 Å². The first kappa shape index (κ1) is 36.4. The van der Waals surface area contributed by atoms with Gasteiger partial charge in [-0.15, -0.1) is 0 Å². The number of benzene rings is 2. The van der Waals surface area contributed by atoms with Crippen LogP contribution in [0.2, 0.25) is 0 Å². The molecule has 0 saturated carbocycles. The van der Waals surface area contributed by atoms with Gasteiger partial charge in [-0.1, -0.05) is 37.6 Å². The number of aryl methyl sites for hydroxylation is 2. The Hall–Kier alpha value is 3.21. The Morgan fingerprint density at radius 2 is 1.55 bits per heavy atom. The van der Waals surface area contributed by atoms with E-state index in [4.69, 9.17) is 19.1 Å². The van der Waals surface area contributed by atoms with E-state index in [9.17, 15) is 13.0 Å². The molecular weight excluding hydrogens is 521 g/mol.